The number of carbonyl (C=O) groups excluding carboxylic acids is 1. The predicted octanol–water partition coefficient (Wildman–Crippen LogP) is 4.94. The lowest BCUT2D eigenvalue weighted by atomic mass is 9.42. The molecule has 1 N–H and O–H groups in total. The molecular formula is C30H47NO4. The fraction of sp³-hybridized carbons (Fsp3) is 0.967. The number of piperidine rings is 2. The Morgan fingerprint density at radius 3 is 2.69 bits per heavy atom. The number of aliphatic hydroxyl groups excluding tert-OH is 1. The number of Topliss-reactive ketones (excluding diaryl/α,β-unsaturated/α-hetero) is 1. The van der Waals surface area contributed by atoms with Gasteiger partial charge in [0.05, 0.1) is 29.8 Å². The molecule has 0 amide bonds. The number of nitrogens with zero attached hydrogens (tertiary/aromatic N) is 1. The summed E-state index contributed by atoms with van der Waals surface area (Å²) in [5, 5.41) is 11.7. The number of rotatable bonds is 5. The molecule has 7 rings (SSSR count). The summed E-state index contributed by atoms with van der Waals surface area (Å²) < 4.78 is 12.4. The Kier molecular flexibility index (Phi) is 4.81. The molecule has 5 saturated heterocycles. The van der Waals surface area contributed by atoms with E-state index in [9.17, 15) is 9.90 Å². The van der Waals surface area contributed by atoms with Crippen LogP contribution in [0.5, 0.6) is 0 Å². The molecule has 7 fully saturated rings. The van der Waals surface area contributed by atoms with Crippen LogP contribution in [0.4, 0.5) is 0 Å². The molecule has 196 valence electrons. The number of ketones is 1. The maximum absolute atomic E-state index is 14.1. The molecule has 0 radical (unpaired) electrons. The first-order valence-corrected chi connectivity index (χ1v) is 14.8. The van der Waals surface area contributed by atoms with Crippen LogP contribution in [0.3, 0.4) is 0 Å². The van der Waals surface area contributed by atoms with Crippen molar-refractivity contribution in [1.29, 1.82) is 0 Å². The Labute approximate surface area is 211 Å². The van der Waals surface area contributed by atoms with Gasteiger partial charge in [0.25, 0.3) is 0 Å². The Morgan fingerprint density at radius 1 is 1.11 bits per heavy atom. The molecule has 1 unspecified atom stereocenters. The summed E-state index contributed by atoms with van der Waals surface area (Å²) in [5.74, 6) is 2.26. The summed E-state index contributed by atoms with van der Waals surface area (Å²) in [5.41, 5.74) is -0.198. The highest BCUT2D eigenvalue weighted by molar-refractivity contribution is 5.85. The third-order valence-corrected chi connectivity index (χ3v) is 13.5. The summed E-state index contributed by atoms with van der Waals surface area (Å²) in [6, 6.07) is 0.520. The lowest BCUT2D eigenvalue weighted by Gasteiger charge is -2.67. The number of hydrogen-bond donors (Lipinski definition) is 1. The molecular weight excluding hydrogens is 438 g/mol. The van der Waals surface area contributed by atoms with Crippen molar-refractivity contribution in [2.24, 2.45) is 39.9 Å². The molecule has 12 atom stereocenters. The van der Waals surface area contributed by atoms with Gasteiger partial charge in [-0.05, 0) is 93.3 Å². The van der Waals surface area contributed by atoms with Crippen molar-refractivity contribution in [3.8, 4) is 0 Å². The highest BCUT2D eigenvalue weighted by atomic mass is 16.7. The van der Waals surface area contributed by atoms with Gasteiger partial charge in [-0.3, -0.25) is 9.69 Å². The second-order valence-electron chi connectivity index (χ2n) is 14.8. The first-order valence-electron chi connectivity index (χ1n) is 14.8. The van der Waals surface area contributed by atoms with Gasteiger partial charge < -0.3 is 14.6 Å². The van der Waals surface area contributed by atoms with E-state index in [1.54, 1.807) is 0 Å². The Hall–Kier alpha value is -0.490. The molecule has 5 aliphatic heterocycles. The highest BCUT2D eigenvalue weighted by Gasteiger charge is 2.81. The lowest BCUT2D eigenvalue weighted by molar-refractivity contribution is -0.282. The van der Waals surface area contributed by atoms with Crippen LogP contribution in [0, 0.1) is 39.9 Å². The fourth-order valence-corrected chi connectivity index (χ4v) is 11.6. The van der Waals surface area contributed by atoms with E-state index < -0.39 is 11.2 Å². The van der Waals surface area contributed by atoms with Crippen LogP contribution in [0.25, 0.3) is 0 Å². The lowest BCUT2D eigenvalue weighted by Crippen LogP contribution is -2.70. The zero-order valence-electron chi connectivity index (χ0n) is 22.6. The number of fused-ring (bicyclic) bond motifs is 4. The van der Waals surface area contributed by atoms with E-state index in [1.807, 2.05) is 6.92 Å². The van der Waals surface area contributed by atoms with Crippen LogP contribution in [-0.4, -0.2) is 58.5 Å². The first-order chi connectivity index (χ1) is 16.5. The molecule has 2 saturated carbocycles. The van der Waals surface area contributed by atoms with Crippen molar-refractivity contribution < 1.29 is 19.4 Å². The summed E-state index contributed by atoms with van der Waals surface area (Å²) in [4.78, 5) is 16.9. The van der Waals surface area contributed by atoms with Crippen molar-refractivity contribution in [2.45, 2.75) is 128 Å². The zero-order chi connectivity index (χ0) is 24.6. The van der Waals surface area contributed by atoms with Crippen LogP contribution in [0.2, 0.25) is 0 Å². The molecule has 7 bridgehead atoms. The third-order valence-electron chi connectivity index (χ3n) is 13.5. The molecule has 2 aliphatic carbocycles. The van der Waals surface area contributed by atoms with E-state index in [0.29, 0.717) is 48.5 Å². The molecule has 0 aromatic carbocycles. The number of ether oxygens (including phenoxy) is 2. The smallest absolute Gasteiger partial charge is 0.166 e. The topological polar surface area (TPSA) is 59.0 Å². The molecule has 7 aliphatic rings. The Bertz CT molecular complexity index is 937. The van der Waals surface area contributed by atoms with E-state index >= 15 is 0 Å². The average molecular weight is 486 g/mol. The van der Waals surface area contributed by atoms with Crippen LogP contribution in [-0.2, 0) is 14.3 Å². The standard InChI is InChI=1S/C30H47NO4/c1-18(2)20-8-12-27(4)19-15-23(33)30-11-6-7-21(30)29(27,25(20)31(30)16-19)14-9-22(32)26(3)17-34-28(5)13-10-24(26)35-28/h18-21,23-25,33H,6-17H2,1-5H3/t19-,20+,21-,23+,24-,25-,26-,27-,28+,29-,30-/m0/s1. The van der Waals surface area contributed by atoms with Crippen LogP contribution >= 0.6 is 0 Å². The van der Waals surface area contributed by atoms with Gasteiger partial charge >= 0.3 is 0 Å². The minimum absolute atomic E-state index is 0.00740. The number of aliphatic hydroxyl groups is 1. The van der Waals surface area contributed by atoms with Crippen LogP contribution < -0.4 is 0 Å². The highest BCUT2D eigenvalue weighted by Crippen LogP contribution is 2.79. The van der Waals surface area contributed by atoms with Gasteiger partial charge in [0.1, 0.15) is 5.78 Å². The normalized spacial score (nSPS) is 59.8. The Morgan fingerprint density at radius 2 is 1.91 bits per heavy atom. The quantitative estimate of drug-likeness (QED) is 0.598. The second kappa shape index (κ2) is 7.12. The van der Waals surface area contributed by atoms with E-state index in [4.69, 9.17) is 9.47 Å². The summed E-state index contributed by atoms with van der Waals surface area (Å²) >= 11 is 0. The van der Waals surface area contributed by atoms with E-state index in [0.717, 1.165) is 32.1 Å². The molecule has 5 nitrogen and oxygen atoms in total. The molecule has 0 aromatic heterocycles. The van der Waals surface area contributed by atoms with E-state index in [2.05, 4.69) is 32.6 Å². The van der Waals surface area contributed by atoms with Gasteiger partial charge in [-0.1, -0.05) is 27.2 Å². The minimum atomic E-state index is -0.529. The molecule has 35 heavy (non-hydrogen) atoms. The van der Waals surface area contributed by atoms with Crippen molar-refractivity contribution in [1.82, 2.24) is 4.90 Å². The second-order valence-corrected chi connectivity index (χ2v) is 14.8. The first kappa shape index (κ1) is 23.6. The van der Waals surface area contributed by atoms with Crippen LogP contribution in [0.1, 0.15) is 98.8 Å². The van der Waals surface area contributed by atoms with Gasteiger partial charge in [-0.25, -0.2) is 0 Å². The number of hydrogen-bond acceptors (Lipinski definition) is 5. The zero-order valence-corrected chi connectivity index (χ0v) is 22.6. The fourth-order valence-electron chi connectivity index (χ4n) is 11.6. The maximum Gasteiger partial charge on any atom is 0.166 e. The molecule has 5 heterocycles. The number of carbonyl (C=O) groups is 1. The largest absolute Gasteiger partial charge is 0.391 e. The van der Waals surface area contributed by atoms with Crippen LogP contribution in [0.15, 0.2) is 0 Å². The van der Waals surface area contributed by atoms with Gasteiger partial charge in [0, 0.05) is 25.4 Å². The van der Waals surface area contributed by atoms with Crippen molar-refractivity contribution in [3.05, 3.63) is 0 Å². The average Bonchev–Trinajstić information content (AvgIpc) is 3.44. The van der Waals surface area contributed by atoms with E-state index in [1.165, 1.54) is 32.2 Å². The van der Waals surface area contributed by atoms with Gasteiger partial charge in [-0.2, -0.15) is 0 Å². The minimum Gasteiger partial charge on any atom is -0.391 e. The van der Waals surface area contributed by atoms with Crippen molar-refractivity contribution in [2.75, 3.05) is 13.2 Å². The summed E-state index contributed by atoms with van der Waals surface area (Å²) in [7, 11) is 0. The molecule has 1 spiro atoms. The predicted molar refractivity (Wildman–Crippen MR) is 134 cm³/mol. The van der Waals surface area contributed by atoms with Gasteiger partial charge in [0.2, 0.25) is 0 Å². The monoisotopic (exact) mass is 485 g/mol. The SMILES string of the molecule is CC(C)[C@H]1CC[C@@]2(C)[C@H]3C[C@@H](O)[C@]45CCC[C@H]4[C@@]2(CCC(=O)[C@]2(C)CO[C@@]4(C)CC[C@@H]2O4)[C@H]1N5C3. The van der Waals surface area contributed by atoms with Gasteiger partial charge in [-0.15, -0.1) is 0 Å². The summed E-state index contributed by atoms with van der Waals surface area (Å²) in [6.07, 6.45) is 10.4. The third kappa shape index (κ3) is 2.58. The van der Waals surface area contributed by atoms with Gasteiger partial charge in [0.15, 0.2) is 5.79 Å². The Balaban J connectivity index is 1.27. The molecule has 0 aromatic rings. The maximum atomic E-state index is 14.1. The van der Waals surface area contributed by atoms with E-state index in [-0.39, 0.29) is 28.6 Å². The van der Waals surface area contributed by atoms with Crippen molar-refractivity contribution in [3.63, 3.8) is 0 Å². The van der Waals surface area contributed by atoms with Crippen molar-refractivity contribution >= 4 is 5.78 Å². The molecule has 5 heteroatoms. The summed E-state index contributed by atoms with van der Waals surface area (Å²) in [6.45, 7) is 13.2.